The van der Waals surface area contributed by atoms with E-state index < -0.39 is 0 Å². The summed E-state index contributed by atoms with van der Waals surface area (Å²) < 4.78 is 2.36. The zero-order chi connectivity index (χ0) is 17.2. The van der Waals surface area contributed by atoms with Gasteiger partial charge in [-0.15, -0.1) is 0 Å². The Kier molecular flexibility index (Phi) is 4.77. The number of hydrogen-bond donors (Lipinski definition) is 0. The summed E-state index contributed by atoms with van der Waals surface area (Å²) in [5, 5.41) is 1.28. The fourth-order valence-corrected chi connectivity index (χ4v) is 4.05. The molecule has 134 valence electrons. The van der Waals surface area contributed by atoms with Gasteiger partial charge in [0.05, 0.1) is 6.54 Å². The van der Waals surface area contributed by atoms with Gasteiger partial charge >= 0.3 is 0 Å². The summed E-state index contributed by atoms with van der Waals surface area (Å²) in [6.07, 6.45) is 1.65. The lowest BCUT2D eigenvalue weighted by molar-refractivity contribution is -0.132. The summed E-state index contributed by atoms with van der Waals surface area (Å²) in [7, 11) is 2.18. The third kappa shape index (κ3) is 3.58. The summed E-state index contributed by atoms with van der Waals surface area (Å²) in [6.45, 7) is 8.10. The Hall–Kier alpha value is -1.85. The van der Waals surface area contributed by atoms with Crippen molar-refractivity contribution in [1.82, 2.24) is 19.3 Å². The fraction of sp³-hybridized carbons (Fsp3) is 0.550. The Bertz CT molecular complexity index is 745. The Morgan fingerprint density at radius 2 is 1.84 bits per heavy atom. The molecule has 0 saturated carbocycles. The van der Waals surface area contributed by atoms with E-state index in [0.717, 1.165) is 58.8 Å². The van der Waals surface area contributed by atoms with Gasteiger partial charge < -0.3 is 19.3 Å². The van der Waals surface area contributed by atoms with Crippen molar-refractivity contribution in [3.05, 3.63) is 36.0 Å². The fourth-order valence-electron chi connectivity index (χ4n) is 4.05. The number of carbonyl (C=O) groups excluding carboxylic acids is 1. The molecule has 3 heterocycles. The monoisotopic (exact) mass is 340 g/mol. The normalized spacial score (nSPS) is 19.3. The molecule has 0 aliphatic carbocycles. The summed E-state index contributed by atoms with van der Waals surface area (Å²) in [6, 6.07) is 10.7. The topological polar surface area (TPSA) is 31.7 Å². The van der Waals surface area contributed by atoms with Crippen molar-refractivity contribution in [2.24, 2.45) is 0 Å². The van der Waals surface area contributed by atoms with E-state index in [9.17, 15) is 4.79 Å². The molecule has 25 heavy (non-hydrogen) atoms. The first-order valence-electron chi connectivity index (χ1n) is 9.46. The highest BCUT2D eigenvalue weighted by Gasteiger charge is 2.22. The Morgan fingerprint density at radius 1 is 1.04 bits per heavy atom. The summed E-state index contributed by atoms with van der Waals surface area (Å²) in [4.78, 5) is 19.5. The summed E-state index contributed by atoms with van der Waals surface area (Å²) >= 11 is 0. The SMILES string of the molecule is CN1CCN(CCCC(=O)N2CCn3c(cc4ccccc43)C2)CC1. The molecule has 2 aliphatic rings. The van der Waals surface area contributed by atoms with Crippen molar-refractivity contribution in [3.63, 3.8) is 0 Å². The van der Waals surface area contributed by atoms with Gasteiger partial charge in [0, 0.05) is 56.9 Å². The average molecular weight is 340 g/mol. The number of aromatic nitrogens is 1. The number of rotatable bonds is 4. The Balaban J connectivity index is 1.30. The number of likely N-dealkylation sites (N-methyl/N-ethyl adjacent to an activating group) is 1. The van der Waals surface area contributed by atoms with E-state index in [4.69, 9.17) is 0 Å². The number of fused-ring (bicyclic) bond motifs is 3. The first-order valence-corrected chi connectivity index (χ1v) is 9.46. The molecular weight excluding hydrogens is 312 g/mol. The molecule has 0 spiro atoms. The van der Waals surface area contributed by atoms with Crippen molar-refractivity contribution in [1.29, 1.82) is 0 Å². The standard InChI is InChI=1S/C20H28N4O/c1-21-9-11-22(12-10-21)8-4-7-20(25)23-13-14-24-18(16-23)15-17-5-2-3-6-19(17)24/h2-3,5-6,15H,4,7-14,16H2,1H3. The molecule has 0 atom stereocenters. The third-order valence-corrected chi connectivity index (χ3v) is 5.66. The minimum absolute atomic E-state index is 0.311. The molecule has 1 aromatic heterocycles. The van der Waals surface area contributed by atoms with Gasteiger partial charge in [-0.3, -0.25) is 4.79 Å². The first kappa shape index (κ1) is 16.6. The van der Waals surface area contributed by atoms with Gasteiger partial charge in [0.15, 0.2) is 0 Å². The molecule has 2 aromatic rings. The van der Waals surface area contributed by atoms with E-state index in [0.29, 0.717) is 12.3 Å². The molecule has 1 aromatic carbocycles. The first-order chi connectivity index (χ1) is 12.2. The molecule has 1 fully saturated rings. The molecule has 0 bridgehead atoms. The van der Waals surface area contributed by atoms with E-state index in [2.05, 4.69) is 51.7 Å². The van der Waals surface area contributed by atoms with Crippen LogP contribution >= 0.6 is 0 Å². The highest BCUT2D eigenvalue weighted by Crippen LogP contribution is 2.24. The molecule has 4 rings (SSSR count). The zero-order valence-electron chi connectivity index (χ0n) is 15.2. The van der Waals surface area contributed by atoms with E-state index in [1.165, 1.54) is 16.6 Å². The molecular formula is C20H28N4O. The van der Waals surface area contributed by atoms with Crippen molar-refractivity contribution in [3.8, 4) is 0 Å². The molecule has 2 aliphatic heterocycles. The van der Waals surface area contributed by atoms with Crippen LogP contribution in [0.4, 0.5) is 0 Å². The van der Waals surface area contributed by atoms with Crippen LogP contribution < -0.4 is 0 Å². The zero-order valence-corrected chi connectivity index (χ0v) is 15.2. The molecule has 1 saturated heterocycles. The third-order valence-electron chi connectivity index (χ3n) is 5.66. The molecule has 5 heteroatoms. The van der Waals surface area contributed by atoms with Gasteiger partial charge in [-0.05, 0) is 37.5 Å². The second-order valence-corrected chi connectivity index (χ2v) is 7.41. The second kappa shape index (κ2) is 7.18. The molecule has 0 unspecified atom stereocenters. The predicted octanol–water partition coefficient (Wildman–Crippen LogP) is 2.01. The molecule has 5 nitrogen and oxygen atoms in total. The number of amides is 1. The van der Waals surface area contributed by atoms with Crippen molar-refractivity contribution in [2.75, 3.05) is 46.3 Å². The highest BCUT2D eigenvalue weighted by atomic mass is 16.2. The van der Waals surface area contributed by atoms with Crippen molar-refractivity contribution < 1.29 is 4.79 Å². The smallest absolute Gasteiger partial charge is 0.223 e. The summed E-state index contributed by atoms with van der Waals surface area (Å²) in [5.41, 5.74) is 2.56. The number of piperazine rings is 1. The number of carbonyl (C=O) groups is 1. The average Bonchev–Trinajstić information content (AvgIpc) is 3.01. The number of nitrogens with zero attached hydrogens (tertiary/aromatic N) is 4. The van der Waals surface area contributed by atoms with Gasteiger partial charge in [-0.25, -0.2) is 0 Å². The Labute approximate surface area is 149 Å². The molecule has 0 N–H and O–H groups in total. The van der Waals surface area contributed by atoms with E-state index in [1.54, 1.807) is 0 Å². The largest absolute Gasteiger partial charge is 0.341 e. The van der Waals surface area contributed by atoms with E-state index in [1.807, 2.05) is 4.90 Å². The van der Waals surface area contributed by atoms with Crippen LogP contribution in [-0.2, 0) is 17.9 Å². The lowest BCUT2D eigenvalue weighted by Gasteiger charge is -2.32. The summed E-state index contributed by atoms with van der Waals surface area (Å²) in [5.74, 6) is 0.311. The molecule has 1 amide bonds. The van der Waals surface area contributed by atoms with Gasteiger partial charge in [0.2, 0.25) is 5.91 Å². The van der Waals surface area contributed by atoms with Crippen LogP contribution in [0, 0.1) is 0 Å². The van der Waals surface area contributed by atoms with Crippen LogP contribution in [0.1, 0.15) is 18.5 Å². The molecule has 0 radical (unpaired) electrons. The van der Waals surface area contributed by atoms with Gasteiger partial charge in [0.1, 0.15) is 0 Å². The minimum atomic E-state index is 0.311. The van der Waals surface area contributed by atoms with Crippen LogP contribution in [-0.4, -0.2) is 71.5 Å². The Morgan fingerprint density at radius 3 is 2.68 bits per heavy atom. The predicted molar refractivity (Wildman–Crippen MR) is 101 cm³/mol. The lowest BCUT2D eigenvalue weighted by Crippen LogP contribution is -2.45. The van der Waals surface area contributed by atoms with Crippen molar-refractivity contribution >= 4 is 16.8 Å². The maximum Gasteiger partial charge on any atom is 0.223 e. The maximum atomic E-state index is 12.6. The quantitative estimate of drug-likeness (QED) is 0.853. The van der Waals surface area contributed by atoms with Gasteiger partial charge in [-0.1, -0.05) is 18.2 Å². The van der Waals surface area contributed by atoms with Crippen LogP contribution in [0.2, 0.25) is 0 Å². The van der Waals surface area contributed by atoms with Crippen LogP contribution in [0.25, 0.3) is 10.9 Å². The van der Waals surface area contributed by atoms with Crippen molar-refractivity contribution in [2.45, 2.75) is 25.9 Å². The van der Waals surface area contributed by atoms with Crippen LogP contribution in [0.3, 0.4) is 0 Å². The number of hydrogen-bond acceptors (Lipinski definition) is 3. The van der Waals surface area contributed by atoms with Gasteiger partial charge in [-0.2, -0.15) is 0 Å². The lowest BCUT2D eigenvalue weighted by atomic mass is 10.2. The van der Waals surface area contributed by atoms with E-state index >= 15 is 0 Å². The minimum Gasteiger partial charge on any atom is -0.341 e. The number of para-hydroxylation sites is 1. The second-order valence-electron chi connectivity index (χ2n) is 7.41. The highest BCUT2D eigenvalue weighted by molar-refractivity contribution is 5.82. The maximum absolute atomic E-state index is 12.6. The van der Waals surface area contributed by atoms with E-state index in [-0.39, 0.29) is 0 Å². The van der Waals surface area contributed by atoms with Gasteiger partial charge in [0.25, 0.3) is 0 Å². The number of benzene rings is 1. The van der Waals surface area contributed by atoms with Crippen LogP contribution in [0.15, 0.2) is 30.3 Å². The van der Waals surface area contributed by atoms with Crippen LogP contribution in [0.5, 0.6) is 0 Å².